The summed E-state index contributed by atoms with van der Waals surface area (Å²) in [4.78, 5) is 2.18. The molecule has 0 spiro atoms. The molecule has 0 unspecified atom stereocenters. The van der Waals surface area contributed by atoms with Crippen LogP contribution >= 0.6 is 0 Å². The molecule has 2 heteroatoms. The van der Waals surface area contributed by atoms with Crippen LogP contribution in [0.1, 0.15) is 20.8 Å². The van der Waals surface area contributed by atoms with E-state index in [0.717, 1.165) is 0 Å². The minimum Gasteiger partial charge on any atom is -0.370 e. The summed E-state index contributed by atoms with van der Waals surface area (Å²) in [6.07, 6.45) is 0. The summed E-state index contributed by atoms with van der Waals surface area (Å²) in [6.45, 7) is 10.3. The third-order valence-corrected chi connectivity index (χ3v) is 2.58. The second-order valence-corrected chi connectivity index (χ2v) is 3.74. The van der Waals surface area contributed by atoms with Crippen molar-refractivity contribution in [2.75, 3.05) is 21.1 Å². The van der Waals surface area contributed by atoms with Crippen LogP contribution in [0.15, 0.2) is 0 Å². The largest absolute Gasteiger partial charge is 0.370 e. The first-order valence-corrected chi connectivity index (χ1v) is 3.86. The highest BCUT2D eigenvalue weighted by Gasteiger charge is 2.27. The van der Waals surface area contributed by atoms with Crippen LogP contribution < -0.4 is 0 Å². The number of hydrogen-bond acceptors (Lipinski definition) is 1. The van der Waals surface area contributed by atoms with Gasteiger partial charge >= 0.3 is 0 Å². The Kier molecular flexibility index (Phi) is 3.12. The molecule has 0 aromatic rings. The van der Waals surface area contributed by atoms with Crippen molar-refractivity contribution >= 4 is 6.72 Å². The van der Waals surface area contributed by atoms with E-state index in [1.54, 1.807) is 0 Å². The monoisotopic (exact) mass is 156 g/mol. The molecule has 0 saturated carbocycles. The minimum atomic E-state index is 0.0938. The van der Waals surface area contributed by atoms with E-state index in [1.165, 1.54) is 6.04 Å². The zero-order valence-corrected chi connectivity index (χ0v) is 8.60. The van der Waals surface area contributed by atoms with Crippen LogP contribution in [-0.2, 0) is 0 Å². The summed E-state index contributed by atoms with van der Waals surface area (Å²) < 4.78 is 1.92. The van der Waals surface area contributed by atoms with Crippen LogP contribution in [0, 0.1) is 6.04 Å². The molecule has 0 radical (unpaired) electrons. The van der Waals surface area contributed by atoms with Gasteiger partial charge in [-0.3, -0.25) is 0 Å². The van der Waals surface area contributed by atoms with Crippen molar-refractivity contribution in [1.82, 2.24) is 4.90 Å². The quantitative estimate of drug-likeness (QED) is 0.338. The Bertz CT molecular complexity index is 148. The van der Waals surface area contributed by atoms with Crippen molar-refractivity contribution in [2.45, 2.75) is 26.3 Å². The second kappa shape index (κ2) is 3.26. The predicted octanol–water partition coefficient (Wildman–Crippen LogP) is 1.22. The molecule has 0 aliphatic carbocycles. The molecule has 0 heterocycles. The Morgan fingerprint density at radius 1 is 1.36 bits per heavy atom. The van der Waals surface area contributed by atoms with Crippen molar-refractivity contribution in [3.05, 3.63) is 6.04 Å². The highest BCUT2D eigenvalue weighted by Crippen LogP contribution is 2.22. The molecular weight excluding hydrogens is 136 g/mol. The van der Waals surface area contributed by atoms with Gasteiger partial charge in [-0.2, -0.15) is 0 Å². The first-order valence-electron chi connectivity index (χ1n) is 3.86. The smallest absolute Gasteiger partial charge is 0.105 e. The van der Waals surface area contributed by atoms with E-state index in [2.05, 4.69) is 46.5 Å². The SMILES string of the molecule is C=[N+](C)[C-](C)C(C)(C)N(C)C. The molecule has 0 aromatic heterocycles. The first kappa shape index (κ1) is 10.5. The van der Waals surface area contributed by atoms with Crippen molar-refractivity contribution in [2.24, 2.45) is 0 Å². The molecule has 0 fully saturated rings. The maximum absolute atomic E-state index is 3.86. The van der Waals surface area contributed by atoms with Gasteiger partial charge in [0.1, 0.15) is 7.05 Å². The summed E-state index contributed by atoms with van der Waals surface area (Å²) in [5.74, 6) is 0. The van der Waals surface area contributed by atoms with Crippen LogP contribution in [0.25, 0.3) is 0 Å². The first-order chi connectivity index (χ1) is 4.80. The molecule has 66 valence electrons. The van der Waals surface area contributed by atoms with Gasteiger partial charge in [0.25, 0.3) is 0 Å². The van der Waals surface area contributed by atoms with E-state index in [0.29, 0.717) is 0 Å². The number of hydrogen-bond donors (Lipinski definition) is 0. The lowest BCUT2D eigenvalue weighted by molar-refractivity contribution is -0.485. The van der Waals surface area contributed by atoms with Crippen molar-refractivity contribution < 1.29 is 4.58 Å². The molecule has 0 saturated heterocycles. The molecule has 11 heavy (non-hydrogen) atoms. The molecule has 0 aliphatic rings. The highest BCUT2D eigenvalue weighted by atomic mass is 15.2. The Balaban J connectivity index is 4.41. The van der Waals surface area contributed by atoms with Crippen LogP contribution in [0.5, 0.6) is 0 Å². The Labute approximate surface area is 70.5 Å². The zero-order valence-electron chi connectivity index (χ0n) is 8.60. The third-order valence-electron chi connectivity index (χ3n) is 2.58. The van der Waals surface area contributed by atoms with E-state index in [4.69, 9.17) is 0 Å². The van der Waals surface area contributed by atoms with Gasteiger partial charge in [-0.05, 0) is 20.8 Å². The van der Waals surface area contributed by atoms with Crippen LogP contribution in [0.4, 0.5) is 0 Å². The lowest BCUT2D eigenvalue weighted by atomic mass is 9.94. The topological polar surface area (TPSA) is 6.25 Å². The average Bonchev–Trinajstić information content (AvgIpc) is 1.85. The standard InChI is InChI=1S/C9H20N2/c1-8(10(4)5)9(2,3)11(6)7/h4H2,1-3,5-7H3. The molecular formula is C9H20N2. The number of nitrogens with zero attached hydrogens (tertiary/aromatic N) is 2. The van der Waals surface area contributed by atoms with Crippen molar-refractivity contribution in [3.63, 3.8) is 0 Å². The van der Waals surface area contributed by atoms with E-state index >= 15 is 0 Å². The van der Waals surface area contributed by atoms with E-state index in [-0.39, 0.29) is 5.54 Å². The Hall–Kier alpha value is -0.500. The highest BCUT2D eigenvalue weighted by molar-refractivity contribution is 5.17. The fraction of sp³-hybridized carbons (Fsp3) is 0.778. The zero-order chi connectivity index (χ0) is 9.23. The maximum Gasteiger partial charge on any atom is 0.105 e. The summed E-state index contributed by atoms with van der Waals surface area (Å²) in [7, 11) is 6.13. The van der Waals surface area contributed by atoms with Gasteiger partial charge in [-0.25, -0.2) is 0 Å². The Morgan fingerprint density at radius 3 is 1.82 bits per heavy atom. The lowest BCUT2D eigenvalue weighted by Crippen LogP contribution is -2.46. The van der Waals surface area contributed by atoms with Crippen LogP contribution in [-0.4, -0.2) is 42.9 Å². The van der Waals surface area contributed by atoms with Crippen molar-refractivity contribution in [1.29, 1.82) is 0 Å². The number of likely N-dealkylation sites (N-methyl/N-ethyl adjacent to an activating group) is 2. The van der Waals surface area contributed by atoms with Gasteiger partial charge in [0.2, 0.25) is 0 Å². The van der Waals surface area contributed by atoms with Crippen molar-refractivity contribution in [3.8, 4) is 0 Å². The summed E-state index contributed by atoms with van der Waals surface area (Å²) in [5.41, 5.74) is 0.0938. The summed E-state index contributed by atoms with van der Waals surface area (Å²) >= 11 is 0. The molecule has 0 atom stereocenters. The maximum atomic E-state index is 3.86. The molecule has 0 bridgehead atoms. The number of rotatable bonds is 3. The summed E-state index contributed by atoms with van der Waals surface area (Å²) in [5, 5.41) is 0. The summed E-state index contributed by atoms with van der Waals surface area (Å²) in [6, 6.07) is 1.27. The average molecular weight is 156 g/mol. The van der Waals surface area contributed by atoms with Gasteiger partial charge in [0.05, 0.1) is 0 Å². The molecule has 2 nitrogen and oxygen atoms in total. The lowest BCUT2D eigenvalue weighted by Gasteiger charge is -2.40. The van der Waals surface area contributed by atoms with Gasteiger partial charge < -0.3 is 9.48 Å². The van der Waals surface area contributed by atoms with Gasteiger partial charge in [-0.1, -0.05) is 20.8 Å². The molecule has 0 aliphatic heterocycles. The minimum absolute atomic E-state index is 0.0938. The van der Waals surface area contributed by atoms with Gasteiger partial charge in [0.15, 0.2) is 0 Å². The van der Waals surface area contributed by atoms with E-state index in [1.807, 2.05) is 11.6 Å². The second-order valence-electron chi connectivity index (χ2n) is 3.74. The Morgan fingerprint density at radius 2 is 1.73 bits per heavy atom. The van der Waals surface area contributed by atoms with Crippen LogP contribution in [0.3, 0.4) is 0 Å². The molecule has 0 amide bonds. The van der Waals surface area contributed by atoms with Gasteiger partial charge in [-0.15, -0.1) is 0 Å². The third kappa shape index (κ3) is 2.22. The molecule has 0 rings (SSSR count). The molecule has 0 aromatic carbocycles. The fourth-order valence-electron chi connectivity index (χ4n) is 0.791. The van der Waals surface area contributed by atoms with Gasteiger partial charge in [0, 0.05) is 11.6 Å². The predicted molar refractivity (Wildman–Crippen MR) is 50.0 cm³/mol. The van der Waals surface area contributed by atoms with Crippen LogP contribution in [0.2, 0.25) is 0 Å². The fourth-order valence-corrected chi connectivity index (χ4v) is 0.791. The van der Waals surface area contributed by atoms with E-state index < -0.39 is 0 Å². The molecule has 0 N–H and O–H groups in total. The van der Waals surface area contributed by atoms with E-state index in [9.17, 15) is 0 Å². The normalized spacial score (nSPS) is 11.9.